The molecular weight excluding hydrogens is 331 g/mol. The first-order valence-electron chi connectivity index (χ1n) is 7.07. The average molecular weight is 351 g/mol. The second-order valence-electron chi connectivity index (χ2n) is 5.35. The van der Waals surface area contributed by atoms with Crippen molar-refractivity contribution in [2.75, 3.05) is 13.6 Å². The van der Waals surface area contributed by atoms with E-state index in [0.29, 0.717) is 29.6 Å². The van der Waals surface area contributed by atoms with Crippen LogP contribution >= 0.6 is 23.2 Å². The minimum absolute atomic E-state index is 0.0902. The van der Waals surface area contributed by atoms with Crippen LogP contribution < -0.4 is 10.0 Å². The van der Waals surface area contributed by atoms with Crippen molar-refractivity contribution < 1.29 is 8.42 Å². The van der Waals surface area contributed by atoms with Gasteiger partial charge in [-0.05, 0) is 31.5 Å². The SMILES string of the molecule is CNCc1c(Cl)ccc(S(=O)(=O)NCCC2CCC2)c1Cl. The molecule has 21 heavy (non-hydrogen) atoms. The van der Waals surface area contributed by atoms with Gasteiger partial charge in [0.25, 0.3) is 0 Å². The Morgan fingerprint density at radius 2 is 2.00 bits per heavy atom. The van der Waals surface area contributed by atoms with Crippen LogP contribution in [0.4, 0.5) is 0 Å². The van der Waals surface area contributed by atoms with Crippen LogP contribution in [0.3, 0.4) is 0 Å². The van der Waals surface area contributed by atoms with E-state index in [1.54, 1.807) is 13.1 Å². The van der Waals surface area contributed by atoms with E-state index >= 15 is 0 Å². The summed E-state index contributed by atoms with van der Waals surface area (Å²) in [5.74, 6) is 0.660. The maximum absolute atomic E-state index is 12.3. The molecule has 118 valence electrons. The normalized spacial score (nSPS) is 16.0. The molecule has 0 bridgehead atoms. The van der Waals surface area contributed by atoms with Crippen LogP contribution in [0.1, 0.15) is 31.2 Å². The summed E-state index contributed by atoms with van der Waals surface area (Å²) in [6.45, 7) is 0.871. The molecule has 1 fully saturated rings. The number of nitrogens with one attached hydrogen (secondary N) is 2. The third-order valence-corrected chi connectivity index (χ3v) is 6.26. The molecule has 2 N–H and O–H groups in total. The highest BCUT2D eigenvalue weighted by atomic mass is 35.5. The summed E-state index contributed by atoms with van der Waals surface area (Å²) in [5, 5.41) is 3.58. The molecule has 7 heteroatoms. The van der Waals surface area contributed by atoms with Crippen LogP contribution in [0.25, 0.3) is 0 Å². The monoisotopic (exact) mass is 350 g/mol. The standard InChI is InChI=1S/C14H20Cl2N2O2S/c1-17-9-11-12(15)5-6-13(14(11)16)21(19,20)18-8-7-10-3-2-4-10/h5-6,10,17-18H,2-4,7-9H2,1H3. The number of hydrogen-bond acceptors (Lipinski definition) is 3. The van der Waals surface area contributed by atoms with Crippen LogP contribution in [-0.2, 0) is 16.6 Å². The Kier molecular flexibility index (Phi) is 5.91. The molecule has 0 atom stereocenters. The topological polar surface area (TPSA) is 58.2 Å². The Morgan fingerprint density at radius 1 is 1.29 bits per heavy atom. The maximum atomic E-state index is 12.3. The van der Waals surface area contributed by atoms with E-state index < -0.39 is 10.0 Å². The molecule has 1 saturated carbocycles. The largest absolute Gasteiger partial charge is 0.316 e. The number of benzene rings is 1. The summed E-state index contributed by atoms with van der Waals surface area (Å²) < 4.78 is 27.3. The van der Waals surface area contributed by atoms with Crippen molar-refractivity contribution in [1.29, 1.82) is 0 Å². The van der Waals surface area contributed by atoms with Crippen LogP contribution in [0, 0.1) is 5.92 Å². The fourth-order valence-electron chi connectivity index (χ4n) is 2.38. The van der Waals surface area contributed by atoms with Crippen LogP contribution in [0.2, 0.25) is 10.0 Å². The summed E-state index contributed by atoms with van der Waals surface area (Å²) in [7, 11) is -1.84. The van der Waals surface area contributed by atoms with Gasteiger partial charge in [0.2, 0.25) is 10.0 Å². The number of sulfonamides is 1. The van der Waals surface area contributed by atoms with Crippen molar-refractivity contribution >= 4 is 33.2 Å². The molecule has 0 radical (unpaired) electrons. The van der Waals surface area contributed by atoms with Gasteiger partial charge in [0.15, 0.2) is 0 Å². The van der Waals surface area contributed by atoms with Gasteiger partial charge in [0.05, 0.1) is 5.02 Å². The summed E-state index contributed by atoms with van der Waals surface area (Å²) in [4.78, 5) is 0.0902. The van der Waals surface area contributed by atoms with Gasteiger partial charge in [-0.15, -0.1) is 0 Å². The molecule has 2 rings (SSSR count). The predicted octanol–water partition coefficient (Wildman–Crippen LogP) is 3.18. The number of halogens is 2. The van der Waals surface area contributed by atoms with E-state index in [-0.39, 0.29) is 9.92 Å². The Bertz CT molecular complexity index is 601. The second kappa shape index (κ2) is 7.29. The second-order valence-corrected chi connectivity index (χ2v) is 7.87. The molecule has 0 aromatic heterocycles. The van der Waals surface area contributed by atoms with Crippen molar-refractivity contribution in [2.45, 2.75) is 37.1 Å². The van der Waals surface area contributed by atoms with E-state index in [0.717, 1.165) is 6.42 Å². The van der Waals surface area contributed by atoms with Gasteiger partial charge in [-0.3, -0.25) is 0 Å². The fourth-order valence-corrected chi connectivity index (χ4v) is 4.34. The number of rotatable bonds is 7. The Morgan fingerprint density at radius 3 is 2.57 bits per heavy atom. The van der Waals surface area contributed by atoms with Crippen molar-refractivity contribution in [2.24, 2.45) is 5.92 Å². The van der Waals surface area contributed by atoms with Gasteiger partial charge in [-0.2, -0.15) is 0 Å². The van der Waals surface area contributed by atoms with E-state index in [4.69, 9.17) is 23.2 Å². The van der Waals surface area contributed by atoms with Gasteiger partial charge < -0.3 is 5.32 Å². The zero-order valence-electron chi connectivity index (χ0n) is 12.0. The van der Waals surface area contributed by atoms with E-state index in [1.165, 1.54) is 25.3 Å². The zero-order valence-corrected chi connectivity index (χ0v) is 14.3. The summed E-state index contributed by atoms with van der Waals surface area (Å²) in [5.41, 5.74) is 0.600. The lowest BCUT2D eigenvalue weighted by Gasteiger charge is -2.25. The molecule has 0 unspecified atom stereocenters. The Hall–Kier alpha value is -0.330. The first-order chi connectivity index (χ1) is 9.95. The number of hydrogen-bond donors (Lipinski definition) is 2. The average Bonchev–Trinajstić information content (AvgIpc) is 2.37. The smallest absolute Gasteiger partial charge is 0.242 e. The van der Waals surface area contributed by atoms with Crippen molar-refractivity contribution in [1.82, 2.24) is 10.0 Å². The molecule has 0 aliphatic heterocycles. The lowest BCUT2D eigenvalue weighted by Crippen LogP contribution is -2.28. The summed E-state index contributed by atoms with van der Waals surface area (Å²) in [6.07, 6.45) is 4.55. The highest BCUT2D eigenvalue weighted by Crippen LogP contribution is 2.31. The minimum Gasteiger partial charge on any atom is -0.316 e. The Balaban J connectivity index is 2.12. The molecule has 0 saturated heterocycles. The molecule has 1 aliphatic rings. The lowest BCUT2D eigenvalue weighted by atomic mass is 9.83. The highest BCUT2D eigenvalue weighted by molar-refractivity contribution is 7.89. The molecule has 1 aromatic carbocycles. The van der Waals surface area contributed by atoms with E-state index in [9.17, 15) is 8.42 Å². The molecule has 4 nitrogen and oxygen atoms in total. The molecule has 0 amide bonds. The first kappa shape index (κ1) is 17.0. The Labute approximate surface area is 136 Å². The van der Waals surface area contributed by atoms with Crippen molar-refractivity contribution in [3.8, 4) is 0 Å². The molecule has 1 aliphatic carbocycles. The van der Waals surface area contributed by atoms with Gasteiger partial charge in [-0.25, -0.2) is 13.1 Å². The predicted molar refractivity (Wildman–Crippen MR) is 86.4 cm³/mol. The summed E-state index contributed by atoms with van der Waals surface area (Å²) in [6, 6.07) is 3.02. The molecular formula is C14H20Cl2N2O2S. The molecule has 0 spiro atoms. The first-order valence-corrected chi connectivity index (χ1v) is 9.30. The third-order valence-electron chi connectivity index (χ3n) is 3.86. The molecule has 1 aromatic rings. The maximum Gasteiger partial charge on any atom is 0.242 e. The van der Waals surface area contributed by atoms with Crippen molar-refractivity contribution in [3.05, 3.63) is 27.7 Å². The molecule has 0 heterocycles. The quantitative estimate of drug-likeness (QED) is 0.793. The van der Waals surface area contributed by atoms with Crippen LogP contribution in [-0.4, -0.2) is 22.0 Å². The minimum atomic E-state index is -3.60. The van der Waals surface area contributed by atoms with E-state index in [2.05, 4.69) is 10.0 Å². The van der Waals surface area contributed by atoms with Gasteiger partial charge in [0.1, 0.15) is 4.90 Å². The van der Waals surface area contributed by atoms with Crippen LogP contribution in [0.5, 0.6) is 0 Å². The third kappa shape index (κ3) is 4.11. The lowest BCUT2D eigenvalue weighted by molar-refractivity contribution is 0.297. The van der Waals surface area contributed by atoms with Crippen LogP contribution in [0.15, 0.2) is 17.0 Å². The van der Waals surface area contributed by atoms with E-state index in [1.807, 2.05) is 0 Å². The fraction of sp³-hybridized carbons (Fsp3) is 0.571. The van der Waals surface area contributed by atoms with Crippen molar-refractivity contribution in [3.63, 3.8) is 0 Å². The zero-order chi connectivity index (χ0) is 15.5. The van der Waals surface area contributed by atoms with Gasteiger partial charge in [0, 0.05) is 23.7 Å². The summed E-state index contributed by atoms with van der Waals surface area (Å²) >= 11 is 12.3. The highest BCUT2D eigenvalue weighted by Gasteiger charge is 2.22. The van der Waals surface area contributed by atoms with Gasteiger partial charge >= 0.3 is 0 Å². The van der Waals surface area contributed by atoms with Gasteiger partial charge in [-0.1, -0.05) is 42.5 Å².